The molecule has 25 heavy (non-hydrogen) atoms. The number of carbonyl (C=O) groups is 2. The molecule has 0 unspecified atom stereocenters. The van der Waals surface area contributed by atoms with Crippen molar-refractivity contribution in [2.75, 3.05) is 26.8 Å². The molecular formula is C19H21N3O3. The maximum atomic E-state index is 12.8. The van der Waals surface area contributed by atoms with Crippen LogP contribution in [0.25, 0.3) is 0 Å². The molecule has 0 radical (unpaired) electrons. The fraction of sp³-hybridized carbons (Fsp3) is 0.316. The highest BCUT2D eigenvalue weighted by Crippen LogP contribution is 2.20. The second-order valence-electron chi connectivity index (χ2n) is 5.92. The maximum absolute atomic E-state index is 12.8. The van der Waals surface area contributed by atoms with Gasteiger partial charge in [-0.05, 0) is 29.7 Å². The number of methoxy groups -OCH3 is 1. The maximum Gasteiger partial charge on any atom is 0.269 e. The molecular weight excluding hydrogens is 318 g/mol. The Morgan fingerprint density at radius 2 is 2.04 bits per heavy atom. The summed E-state index contributed by atoms with van der Waals surface area (Å²) in [5, 5.41) is 2.71. The lowest BCUT2D eigenvalue weighted by Gasteiger charge is -2.29. The molecule has 2 amide bonds. The van der Waals surface area contributed by atoms with E-state index in [1.165, 1.54) is 17.3 Å². The van der Waals surface area contributed by atoms with Crippen molar-refractivity contribution in [3.8, 4) is 0 Å². The molecule has 0 saturated heterocycles. The van der Waals surface area contributed by atoms with Crippen LogP contribution in [0.2, 0.25) is 0 Å². The van der Waals surface area contributed by atoms with Crippen LogP contribution in [-0.2, 0) is 17.7 Å². The van der Waals surface area contributed by atoms with E-state index < -0.39 is 0 Å². The fourth-order valence-electron chi connectivity index (χ4n) is 2.90. The molecule has 130 valence electrons. The van der Waals surface area contributed by atoms with E-state index in [-0.39, 0.29) is 17.5 Å². The lowest BCUT2D eigenvalue weighted by atomic mass is 9.99. The van der Waals surface area contributed by atoms with Gasteiger partial charge < -0.3 is 15.0 Å². The van der Waals surface area contributed by atoms with Gasteiger partial charge in [-0.3, -0.25) is 14.6 Å². The van der Waals surface area contributed by atoms with Gasteiger partial charge in [-0.2, -0.15) is 0 Å². The Hall–Kier alpha value is -2.73. The summed E-state index contributed by atoms with van der Waals surface area (Å²) in [4.78, 5) is 30.7. The minimum atomic E-state index is -0.310. The average molecular weight is 339 g/mol. The van der Waals surface area contributed by atoms with E-state index in [1.54, 1.807) is 19.2 Å². The van der Waals surface area contributed by atoms with Gasteiger partial charge >= 0.3 is 0 Å². The molecule has 6 heteroatoms. The first-order chi connectivity index (χ1) is 12.2. The van der Waals surface area contributed by atoms with Crippen molar-refractivity contribution in [1.82, 2.24) is 15.2 Å². The Morgan fingerprint density at radius 1 is 1.24 bits per heavy atom. The SMILES string of the molecule is COCCNC(=O)c1cc(C(=O)N2CCc3ccccc3C2)ccn1. The molecule has 6 nitrogen and oxygen atoms in total. The van der Waals surface area contributed by atoms with Crippen LogP contribution < -0.4 is 5.32 Å². The van der Waals surface area contributed by atoms with E-state index >= 15 is 0 Å². The van der Waals surface area contributed by atoms with Gasteiger partial charge in [0.05, 0.1) is 6.61 Å². The second kappa shape index (κ2) is 7.90. The van der Waals surface area contributed by atoms with Gasteiger partial charge in [0, 0.05) is 38.5 Å². The molecule has 1 aromatic carbocycles. The molecule has 0 fully saturated rings. The standard InChI is InChI=1S/C19H21N3O3/c1-25-11-9-21-18(23)17-12-15(6-8-20-17)19(24)22-10-7-14-4-2-3-5-16(14)13-22/h2-6,8,12H,7,9-11,13H2,1H3,(H,21,23). The predicted octanol–water partition coefficient (Wildman–Crippen LogP) is 1.66. The van der Waals surface area contributed by atoms with E-state index in [0.717, 1.165) is 6.42 Å². The summed E-state index contributed by atoms with van der Waals surface area (Å²) in [6, 6.07) is 11.4. The molecule has 3 rings (SSSR count). The Bertz CT molecular complexity index is 776. The third-order valence-electron chi connectivity index (χ3n) is 4.25. The number of hydrogen-bond acceptors (Lipinski definition) is 4. The number of hydrogen-bond donors (Lipinski definition) is 1. The molecule has 1 aliphatic heterocycles. The van der Waals surface area contributed by atoms with Crippen molar-refractivity contribution in [3.05, 3.63) is 65.0 Å². The molecule has 1 N–H and O–H groups in total. The van der Waals surface area contributed by atoms with Crippen molar-refractivity contribution < 1.29 is 14.3 Å². The summed E-state index contributed by atoms with van der Waals surface area (Å²) in [6.07, 6.45) is 2.34. The molecule has 1 aromatic heterocycles. The van der Waals surface area contributed by atoms with Crippen LogP contribution in [0.4, 0.5) is 0 Å². The molecule has 1 aliphatic rings. The van der Waals surface area contributed by atoms with Crippen LogP contribution >= 0.6 is 0 Å². The van der Waals surface area contributed by atoms with Gasteiger partial charge in [-0.15, -0.1) is 0 Å². The molecule has 0 saturated carbocycles. The number of carbonyl (C=O) groups excluding carboxylic acids is 2. The average Bonchev–Trinajstić information content (AvgIpc) is 2.67. The quantitative estimate of drug-likeness (QED) is 0.841. The number of fused-ring (bicyclic) bond motifs is 1. The molecule has 2 aromatic rings. The summed E-state index contributed by atoms with van der Waals surface area (Å²) < 4.78 is 4.90. The van der Waals surface area contributed by atoms with Crippen LogP contribution in [0, 0.1) is 0 Å². The van der Waals surface area contributed by atoms with Crippen LogP contribution in [0.1, 0.15) is 32.0 Å². The Kier molecular flexibility index (Phi) is 5.40. The van der Waals surface area contributed by atoms with Crippen LogP contribution in [0.3, 0.4) is 0 Å². The largest absolute Gasteiger partial charge is 0.383 e. The first-order valence-electron chi connectivity index (χ1n) is 8.28. The highest BCUT2D eigenvalue weighted by molar-refractivity contribution is 5.98. The summed E-state index contributed by atoms with van der Waals surface area (Å²) in [7, 11) is 1.57. The number of rotatable bonds is 5. The Morgan fingerprint density at radius 3 is 2.84 bits per heavy atom. The molecule has 0 spiro atoms. The smallest absolute Gasteiger partial charge is 0.269 e. The number of pyridine rings is 1. The van der Waals surface area contributed by atoms with E-state index in [2.05, 4.69) is 22.4 Å². The van der Waals surface area contributed by atoms with E-state index in [0.29, 0.717) is 31.8 Å². The monoisotopic (exact) mass is 339 g/mol. The summed E-state index contributed by atoms with van der Waals surface area (Å²) in [5.74, 6) is -0.390. The number of aromatic nitrogens is 1. The summed E-state index contributed by atoms with van der Waals surface area (Å²) >= 11 is 0. The number of ether oxygens (including phenoxy) is 1. The normalized spacial score (nSPS) is 13.2. The third kappa shape index (κ3) is 4.03. The first-order valence-corrected chi connectivity index (χ1v) is 8.28. The lowest BCUT2D eigenvalue weighted by molar-refractivity contribution is 0.0734. The van der Waals surface area contributed by atoms with Crippen molar-refractivity contribution in [1.29, 1.82) is 0 Å². The number of nitrogens with one attached hydrogen (secondary N) is 1. The van der Waals surface area contributed by atoms with E-state index in [4.69, 9.17) is 4.74 Å². The van der Waals surface area contributed by atoms with Crippen LogP contribution in [-0.4, -0.2) is 48.5 Å². The van der Waals surface area contributed by atoms with Gasteiger partial charge in [0.15, 0.2) is 0 Å². The Balaban J connectivity index is 1.71. The van der Waals surface area contributed by atoms with Crippen molar-refractivity contribution in [2.24, 2.45) is 0 Å². The van der Waals surface area contributed by atoms with Crippen molar-refractivity contribution >= 4 is 11.8 Å². The van der Waals surface area contributed by atoms with Gasteiger partial charge in [0.2, 0.25) is 0 Å². The van der Waals surface area contributed by atoms with Gasteiger partial charge in [0.25, 0.3) is 11.8 Å². The topological polar surface area (TPSA) is 71.5 Å². The number of amides is 2. The van der Waals surface area contributed by atoms with Crippen LogP contribution in [0.5, 0.6) is 0 Å². The Labute approximate surface area is 146 Å². The zero-order valence-electron chi connectivity index (χ0n) is 14.2. The first kappa shape index (κ1) is 17.1. The molecule has 2 heterocycles. The van der Waals surface area contributed by atoms with E-state index in [1.807, 2.05) is 17.0 Å². The second-order valence-corrected chi connectivity index (χ2v) is 5.92. The van der Waals surface area contributed by atoms with Crippen LogP contribution in [0.15, 0.2) is 42.6 Å². The highest BCUT2D eigenvalue weighted by Gasteiger charge is 2.22. The van der Waals surface area contributed by atoms with E-state index in [9.17, 15) is 9.59 Å². The minimum absolute atomic E-state index is 0.0807. The number of benzene rings is 1. The third-order valence-corrected chi connectivity index (χ3v) is 4.25. The van der Waals surface area contributed by atoms with Gasteiger partial charge in [0.1, 0.15) is 5.69 Å². The zero-order valence-corrected chi connectivity index (χ0v) is 14.2. The number of nitrogens with zero attached hydrogens (tertiary/aromatic N) is 2. The molecule has 0 bridgehead atoms. The molecule has 0 atom stereocenters. The summed E-state index contributed by atoms with van der Waals surface area (Å²) in [5.41, 5.74) is 3.18. The lowest BCUT2D eigenvalue weighted by Crippen LogP contribution is -2.36. The van der Waals surface area contributed by atoms with Crippen molar-refractivity contribution in [3.63, 3.8) is 0 Å². The zero-order chi connectivity index (χ0) is 17.6. The van der Waals surface area contributed by atoms with Gasteiger partial charge in [-0.25, -0.2) is 0 Å². The fourth-order valence-corrected chi connectivity index (χ4v) is 2.90. The van der Waals surface area contributed by atoms with Gasteiger partial charge in [-0.1, -0.05) is 24.3 Å². The highest BCUT2D eigenvalue weighted by atomic mass is 16.5. The molecule has 0 aliphatic carbocycles. The minimum Gasteiger partial charge on any atom is -0.383 e. The summed E-state index contributed by atoms with van der Waals surface area (Å²) in [6.45, 7) is 2.09. The predicted molar refractivity (Wildman–Crippen MR) is 93.3 cm³/mol. The van der Waals surface area contributed by atoms with Crippen molar-refractivity contribution in [2.45, 2.75) is 13.0 Å².